The summed E-state index contributed by atoms with van der Waals surface area (Å²) in [6.07, 6.45) is 0. The van der Waals surface area contributed by atoms with E-state index in [1.54, 1.807) is 12.1 Å². The van der Waals surface area contributed by atoms with E-state index in [9.17, 15) is 0 Å². The fourth-order valence-electron chi connectivity index (χ4n) is 1.57. The third kappa shape index (κ3) is 3.33. The summed E-state index contributed by atoms with van der Waals surface area (Å²) in [6, 6.07) is 7.15. The molecule has 2 N–H and O–H groups in total. The lowest BCUT2D eigenvalue weighted by molar-refractivity contribution is 0.929. The molecule has 0 spiro atoms. The van der Waals surface area contributed by atoms with E-state index in [0.29, 0.717) is 22.4 Å². The summed E-state index contributed by atoms with van der Waals surface area (Å²) in [5.74, 6) is 0.675. The Morgan fingerprint density at radius 2 is 1.89 bits per heavy atom. The molecule has 0 aliphatic carbocycles. The number of aryl methyl sites for hydroxylation is 1. The molecule has 1 aromatic carbocycles. The maximum atomic E-state index is 6.14. The van der Waals surface area contributed by atoms with Crippen LogP contribution in [0.5, 0.6) is 0 Å². The van der Waals surface area contributed by atoms with Crippen molar-refractivity contribution < 1.29 is 0 Å². The zero-order valence-corrected chi connectivity index (χ0v) is 12.0. The first-order chi connectivity index (χ1) is 8.10. The molecule has 0 saturated carbocycles. The van der Waals surface area contributed by atoms with Crippen LogP contribution in [-0.4, -0.2) is 9.97 Å². The molecule has 0 saturated heterocycles. The molecule has 0 radical (unpaired) electrons. The molecule has 0 unspecified atom stereocenters. The van der Waals surface area contributed by atoms with Crippen molar-refractivity contribution in [3.05, 3.63) is 45.8 Å². The minimum absolute atomic E-state index is 0. The van der Waals surface area contributed by atoms with Gasteiger partial charge < -0.3 is 5.73 Å². The van der Waals surface area contributed by atoms with Gasteiger partial charge in [-0.1, -0.05) is 23.2 Å². The molecule has 0 aliphatic rings. The molecule has 0 bridgehead atoms. The first kappa shape index (κ1) is 15.2. The van der Waals surface area contributed by atoms with Gasteiger partial charge in [-0.2, -0.15) is 0 Å². The largest absolute Gasteiger partial charge is 0.325 e. The minimum Gasteiger partial charge on any atom is -0.325 e. The Labute approximate surface area is 122 Å². The van der Waals surface area contributed by atoms with Gasteiger partial charge in [0.1, 0.15) is 5.82 Å². The highest BCUT2D eigenvalue weighted by Crippen LogP contribution is 2.29. The Hall–Kier alpha value is -0.870. The SMILES string of the molecule is Cc1nc(CN)cc(-c2ccc(Cl)cc2Cl)n1.Cl. The lowest BCUT2D eigenvalue weighted by Crippen LogP contribution is -2.03. The van der Waals surface area contributed by atoms with Crippen LogP contribution in [0.25, 0.3) is 11.3 Å². The Morgan fingerprint density at radius 1 is 1.17 bits per heavy atom. The smallest absolute Gasteiger partial charge is 0.126 e. The van der Waals surface area contributed by atoms with Gasteiger partial charge in [0, 0.05) is 17.1 Å². The second-order valence-electron chi connectivity index (χ2n) is 3.62. The summed E-state index contributed by atoms with van der Waals surface area (Å²) in [7, 11) is 0. The third-order valence-corrected chi connectivity index (χ3v) is 2.86. The van der Waals surface area contributed by atoms with Gasteiger partial charge in [-0.3, -0.25) is 0 Å². The van der Waals surface area contributed by atoms with Gasteiger partial charge in [-0.25, -0.2) is 9.97 Å². The van der Waals surface area contributed by atoms with Crippen LogP contribution in [0.15, 0.2) is 24.3 Å². The van der Waals surface area contributed by atoms with Crippen LogP contribution in [-0.2, 0) is 6.54 Å². The number of benzene rings is 1. The van der Waals surface area contributed by atoms with Crippen LogP contribution < -0.4 is 5.73 Å². The number of halogens is 3. The van der Waals surface area contributed by atoms with E-state index in [1.165, 1.54) is 0 Å². The Morgan fingerprint density at radius 3 is 2.50 bits per heavy atom. The van der Waals surface area contributed by atoms with Gasteiger partial charge in [0.25, 0.3) is 0 Å². The van der Waals surface area contributed by atoms with Gasteiger partial charge >= 0.3 is 0 Å². The van der Waals surface area contributed by atoms with E-state index < -0.39 is 0 Å². The Kier molecular flexibility index (Phi) is 5.35. The second-order valence-corrected chi connectivity index (χ2v) is 4.46. The van der Waals surface area contributed by atoms with Crippen molar-refractivity contribution in [3.8, 4) is 11.3 Å². The molecular weight excluding hydrogens is 293 g/mol. The van der Waals surface area contributed by atoms with Crippen LogP contribution in [0, 0.1) is 6.92 Å². The van der Waals surface area contributed by atoms with E-state index in [2.05, 4.69) is 9.97 Å². The molecule has 0 amide bonds. The standard InChI is InChI=1S/C12H11Cl2N3.ClH/c1-7-16-9(6-15)5-12(17-7)10-3-2-8(13)4-11(10)14;/h2-5H,6,15H2,1H3;1H. The van der Waals surface area contributed by atoms with Crippen molar-refractivity contribution in [2.45, 2.75) is 13.5 Å². The Bertz CT molecular complexity index is 558. The van der Waals surface area contributed by atoms with E-state index in [-0.39, 0.29) is 12.4 Å². The highest BCUT2D eigenvalue weighted by atomic mass is 35.5. The minimum atomic E-state index is 0. The third-order valence-electron chi connectivity index (χ3n) is 2.31. The number of nitrogens with two attached hydrogens (primary N) is 1. The molecule has 2 rings (SSSR count). The summed E-state index contributed by atoms with van der Waals surface area (Å²) in [5, 5.41) is 1.17. The number of nitrogens with zero attached hydrogens (tertiary/aromatic N) is 2. The van der Waals surface area contributed by atoms with Crippen LogP contribution in [0.1, 0.15) is 11.5 Å². The molecule has 18 heavy (non-hydrogen) atoms. The summed E-state index contributed by atoms with van der Waals surface area (Å²) >= 11 is 12.0. The lowest BCUT2D eigenvalue weighted by atomic mass is 10.1. The molecule has 0 atom stereocenters. The molecule has 3 nitrogen and oxygen atoms in total. The van der Waals surface area contributed by atoms with E-state index in [1.807, 2.05) is 19.1 Å². The fraction of sp³-hybridized carbons (Fsp3) is 0.167. The predicted molar refractivity (Wildman–Crippen MR) is 77.4 cm³/mol. The lowest BCUT2D eigenvalue weighted by Gasteiger charge is -2.07. The summed E-state index contributed by atoms with van der Waals surface area (Å²) in [6.45, 7) is 2.20. The van der Waals surface area contributed by atoms with Crippen molar-refractivity contribution >= 4 is 35.6 Å². The number of aromatic nitrogens is 2. The van der Waals surface area contributed by atoms with Crippen LogP contribution in [0.4, 0.5) is 0 Å². The highest BCUT2D eigenvalue weighted by molar-refractivity contribution is 6.36. The zero-order valence-electron chi connectivity index (χ0n) is 9.65. The summed E-state index contributed by atoms with van der Waals surface area (Å²) in [5.41, 5.74) is 7.97. The molecule has 96 valence electrons. The van der Waals surface area contributed by atoms with Crippen LogP contribution >= 0.6 is 35.6 Å². The maximum Gasteiger partial charge on any atom is 0.126 e. The summed E-state index contributed by atoms with van der Waals surface area (Å²) < 4.78 is 0. The molecule has 0 aliphatic heterocycles. The molecule has 0 fully saturated rings. The molecule has 1 heterocycles. The predicted octanol–water partition coefficient (Wildman–Crippen LogP) is 3.64. The first-order valence-corrected chi connectivity index (χ1v) is 5.86. The van der Waals surface area contributed by atoms with Gasteiger partial charge in [0.2, 0.25) is 0 Å². The van der Waals surface area contributed by atoms with Gasteiger partial charge in [0.15, 0.2) is 0 Å². The number of hydrogen-bond donors (Lipinski definition) is 1. The Balaban J connectivity index is 0.00000162. The highest BCUT2D eigenvalue weighted by Gasteiger charge is 2.08. The van der Waals surface area contributed by atoms with E-state index in [4.69, 9.17) is 28.9 Å². The number of hydrogen-bond acceptors (Lipinski definition) is 3. The summed E-state index contributed by atoms with van der Waals surface area (Å²) in [4.78, 5) is 8.57. The zero-order chi connectivity index (χ0) is 12.4. The maximum absolute atomic E-state index is 6.14. The number of rotatable bonds is 2. The molecule has 6 heteroatoms. The van der Waals surface area contributed by atoms with Crippen LogP contribution in [0.2, 0.25) is 10.0 Å². The van der Waals surface area contributed by atoms with E-state index in [0.717, 1.165) is 17.0 Å². The monoisotopic (exact) mass is 303 g/mol. The average Bonchev–Trinajstić information content (AvgIpc) is 2.28. The quantitative estimate of drug-likeness (QED) is 0.921. The second kappa shape index (κ2) is 6.34. The molecular formula is C12H12Cl3N3. The topological polar surface area (TPSA) is 51.8 Å². The molecule has 2 aromatic rings. The van der Waals surface area contributed by atoms with E-state index >= 15 is 0 Å². The van der Waals surface area contributed by atoms with Crippen molar-refractivity contribution in [3.63, 3.8) is 0 Å². The van der Waals surface area contributed by atoms with Gasteiger partial charge in [0.05, 0.1) is 16.4 Å². The van der Waals surface area contributed by atoms with Crippen LogP contribution in [0.3, 0.4) is 0 Å². The van der Waals surface area contributed by atoms with Gasteiger partial charge in [-0.05, 0) is 31.2 Å². The van der Waals surface area contributed by atoms with Gasteiger partial charge in [-0.15, -0.1) is 12.4 Å². The van der Waals surface area contributed by atoms with Crippen molar-refractivity contribution in [2.75, 3.05) is 0 Å². The first-order valence-electron chi connectivity index (χ1n) is 5.10. The average molecular weight is 305 g/mol. The van der Waals surface area contributed by atoms with Crippen molar-refractivity contribution in [1.82, 2.24) is 9.97 Å². The van der Waals surface area contributed by atoms with Crippen molar-refractivity contribution in [2.24, 2.45) is 5.73 Å². The fourth-order valence-corrected chi connectivity index (χ4v) is 2.07. The normalized spacial score (nSPS) is 10.0. The molecule has 1 aromatic heterocycles. The van der Waals surface area contributed by atoms with Crippen molar-refractivity contribution in [1.29, 1.82) is 0 Å².